The molecule has 0 radical (unpaired) electrons. The Hall–Kier alpha value is -4.26. The molecule has 4 aromatic rings. The highest BCUT2D eigenvalue weighted by molar-refractivity contribution is 5.72. The van der Waals surface area contributed by atoms with Gasteiger partial charge in [0.05, 0.1) is 25.5 Å². The minimum absolute atomic E-state index is 0.0530. The maximum Gasteiger partial charge on any atom is 0.415 e. The van der Waals surface area contributed by atoms with Crippen LogP contribution >= 0.6 is 0 Å². The number of carbonyl (C=O) groups is 1. The number of carbonyl (C=O) groups excluding carboxylic acids is 1. The van der Waals surface area contributed by atoms with E-state index >= 15 is 0 Å². The van der Waals surface area contributed by atoms with Gasteiger partial charge in [-0.3, -0.25) is 4.90 Å². The van der Waals surface area contributed by atoms with Crippen molar-refractivity contribution in [1.29, 1.82) is 0 Å². The predicted molar refractivity (Wildman–Crippen MR) is 149 cm³/mol. The van der Waals surface area contributed by atoms with E-state index in [0.29, 0.717) is 24.7 Å². The standard InChI is InChI=1S/C32H34N2O5/c1-22-8-7-11-30(34(22)32(35)39-28-18-16-26(36-3)17-19-28)24-12-14-27(15-13-24)37-21-20-29-23(2)38-31(33-29)25-9-5-4-6-10-25/h4-6,9-10,12-19,22,30H,7-8,11,20-21H2,1-3H3/t22-,30-/m1/s1. The molecule has 3 aromatic carbocycles. The molecule has 1 amide bonds. The fourth-order valence-corrected chi connectivity index (χ4v) is 5.04. The fraction of sp³-hybridized carbons (Fsp3) is 0.312. The van der Waals surface area contributed by atoms with Crippen LogP contribution in [0.1, 0.15) is 49.2 Å². The Morgan fingerprint density at radius 2 is 1.64 bits per heavy atom. The SMILES string of the molecule is COc1ccc(OC(=O)N2[C@H](C)CCC[C@@H]2c2ccc(OCCc3nc(-c4ccccc4)oc3C)cc2)cc1. The molecule has 1 saturated heterocycles. The van der Waals surface area contributed by atoms with Crippen LogP contribution in [0.5, 0.6) is 17.2 Å². The van der Waals surface area contributed by atoms with E-state index in [-0.39, 0.29) is 18.2 Å². The molecule has 0 saturated carbocycles. The van der Waals surface area contributed by atoms with Gasteiger partial charge in [0, 0.05) is 18.0 Å². The Balaban J connectivity index is 1.20. The molecule has 0 bridgehead atoms. The van der Waals surface area contributed by atoms with E-state index in [9.17, 15) is 4.79 Å². The number of aromatic nitrogens is 1. The number of hydrogen-bond acceptors (Lipinski definition) is 6. The van der Waals surface area contributed by atoms with Crippen LogP contribution in [-0.2, 0) is 6.42 Å². The van der Waals surface area contributed by atoms with Crippen LogP contribution < -0.4 is 14.2 Å². The number of benzene rings is 3. The number of oxazole rings is 1. The van der Waals surface area contributed by atoms with Gasteiger partial charge in [-0.1, -0.05) is 30.3 Å². The third-order valence-corrected chi connectivity index (χ3v) is 7.17. The third-order valence-electron chi connectivity index (χ3n) is 7.17. The zero-order valence-electron chi connectivity index (χ0n) is 22.6. The third kappa shape index (κ3) is 6.25. The maximum atomic E-state index is 13.2. The highest BCUT2D eigenvalue weighted by atomic mass is 16.6. The topological polar surface area (TPSA) is 74.0 Å². The molecule has 1 aromatic heterocycles. The summed E-state index contributed by atoms with van der Waals surface area (Å²) < 4.78 is 22.8. The lowest BCUT2D eigenvalue weighted by atomic mass is 9.92. The first-order valence-corrected chi connectivity index (χ1v) is 13.4. The smallest absolute Gasteiger partial charge is 0.415 e. The molecule has 2 atom stereocenters. The zero-order valence-corrected chi connectivity index (χ0v) is 22.6. The summed E-state index contributed by atoms with van der Waals surface area (Å²) in [5.74, 6) is 3.43. The molecular weight excluding hydrogens is 492 g/mol. The maximum absolute atomic E-state index is 13.2. The van der Waals surface area contributed by atoms with Gasteiger partial charge in [-0.15, -0.1) is 0 Å². The van der Waals surface area contributed by atoms with Crippen molar-refractivity contribution < 1.29 is 23.4 Å². The van der Waals surface area contributed by atoms with Crippen molar-refractivity contribution in [3.63, 3.8) is 0 Å². The number of amides is 1. The summed E-state index contributed by atoms with van der Waals surface area (Å²) in [6.45, 7) is 4.50. The summed E-state index contributed by atoms with van der Waals surface area (Å²) in [5.41, 5.74) is 2.93. The number of rotatable bonds is 8. The first-order valence-electron chi connectivity index (χ1n) is 13.4. The number of ether oxygens (including phenoxy) is 3. The van der Waals surface area contributed by atoms with Crippen molar-refractivity contribution >= 4 is 6.09 Å². The number of aryl methyl sites for hydroxylation is 1. The van der Waals surface area contributed by atoms with Crippen LogP contribution in [0.2, 0.25) is 0 Å². The molecule has 1 fully saturated rings. The summed E-state index contributed by atoms with van der Waals surface area (Å²) in [6, 6.07) is 25.0. The molecule has 1 aliphatic heterocycles. The Labute approximate surface area is 229 Å². The van der Waals surface area contributed by atoms with Gasteiger partial charge in [0.2, 0.25) is 5.89 Å². The normalized spacial score (nSPS) is 17.1. The largest absolute Gasteiger partial charge is 0.497 e. The van der Waals surface area contributed by atoms with Crippen LogP contribution in [-0.4, -0.2) is 35.7 Å². The second kappa shape index (κ2) is 12.1. The minimum Gasteiger partial charge on any atom is -0.497 e. The van der Waals surface area contributed by atoms with Gasteiger partial charge in [0.25, 0.3) is 0 Å². The molecule has 0 aliphatic carbocycles. The average molecular weight is 527 g/mol. The first-order chi connectivity index (χ1) is 19.0. The van der Waals surface area contributed by atoms with Crippen molar-refractivity contribution in [3.8, 4) is 28.7 Å². The summed E-state index contributed by atoms with van der Waals surface area (Å²) in [5, 5.41) is 0. The summed E-state index contributed by atoms with van der Waals surface area (Å²) in [7, 11) is 1.61. The van der Waals surface area contributed by atoms with Gasteiger partial charge in [-0.05, 0) is 87.2 Å². The summed E-state index contributed by atoms with van der Waals surface area (Å²) >= 11 is 0. The Kier molecular flexibility index (Phi) is 8.16. The number of methoxy groups -OCH3 is 1. The van der Waals surface area contributed by atoms with Gasteiger partial charge in [-0.2, -0.15) is 0 Å². The lowest BCUT2D eigenvalue weighted by Crippen LogP contribution is -2.45. The van der Waals surface area contributed by atoms with E-state index in [0.717, 1.165) is 53.3 Å². The predicted octanol–water partition coefficient (Wildman–Crippen LogP) is 7.39. The van der Waals surface area contributed by atoms with E-state index < -0.39 is 0 Å². The van der Waals surface area contributed by atoms with Gasteiger partial charge in [-0.25, -0.2) is 9.78 Å². The van der Waals surface area contributed by atoms with Gasteiger partial charge in [0.1, 0.15) is 23.0 Å². The second-order valence-corrected chi connectivity index (χ2v) is 9.80. The molecule has 5 rings (SSSR count). The van der Waals surface area contributed by atoms with Gasteiger partial charge in [0.15, 0.2) is 0 Å². The van der Waals surface area contributed by atoms with Crippen LogP contribution in [0.15, 0.2) is 83.3 Å². The number of likely N-dealkylation sites (tertiary alicyclic amines) is 1. The lowest BCUT2D eigenvalue weighted by molar-refractivity contribution is 0.0827. The molecule has 39 heavy (non-hydrogen) atoms. The molecule has 0 N–H and O–H groups in total. The van der Waals surface area contributed by atoms with Crippen LogP contribution in [0, 0.1) is 6.92 Å². The monoisotopic (exact) mass is 526 g/mol. The number of hydrogen-bond donors (Lipinski definition) is 0. The Morgan fingerprint density at radius 1 is 0.949 bits per heavy atom. The van der Waals surface area contributed by atoms with E-state index in [1.807, 2.05) is 66.4 Å². The molecule has 1 aliphatic rings. The first kappa shape index (κ1) is 26.4. The van der Waals surface area contributed by atoms with E-state index in [2.05, 4.69) is 11.9 Å². The molecule has 2 heterocycles. The van der Waals surface area contributed by atoms with Crippen molar-refractivity contribution in [1.82, 2.24) is 9.88 Å². The van der Waals surface area contributed by atoms with E-state index in [1.165, 1.54) is 0 Å². The summed E-state index contributed by atoms with van der Waals surface area (Å²) in [6.07, 6.45) is 3.20. The minimum atomic E-state index is -0.337. The van der Waals surface area contributed by atoms with Gasteiger partial charge >= 0.3 is 6.09 Å². The average Bonchev–Trinajstić information content (AvgIpc) is 3.34. The van der Waals surface area contributed by atoms with Crippen LogP contribution in [0.3, 0.4) is 0 Å². The van der Waals surface area contributed by atoms with Crippen molar-refractivity contribution in [2.24, 2.45) is 0 Å². The second-order valence-electron chi connectivity index (χ2n) is 9.80. The van der Waals surface area contributed by atoms with E-state index in [1.54, 1.807) is 31.4 Å². The van der Waals surface area contributed by atoms with Crippen LogP contribution in [0.25, 0.3) is 11.5 Å². The van der Waals surface area contributed by atoms with Crippen molar-refractivity contribution in [2.75, 3.05) is 13.7 Å². The molecule has 7 nitrogen and oxygen atoms in total. The molecule has 0 spiro atoms. The number of piperidine rings is 1. The Bertz CT molecular complexity index is 1370. The Morgan fingerprint density at radius 3 is 2.36 bits per heavy atom. The van der Waals surface area contributed by atoms with Crippen LogP contribution in [0.4, 0.5) is 4.79 Å². The molecule has 0 unspecified atom stereocenters. The number of nitrogens with zero attached hydrogens (tertiary/aromatic N) is 2. The lowest BCUT2D eigenvalue weighted by Gasteiger charge is -2.40. The highest BCUT2D eigenvalue weighted by Gasteiger charge is 2.34. The fourth-order valence-electron chi connectivity index (χ4n) is 5.04. The van der Waals surface area contributed by atoms with Crippen molar-refractivity contribution in [2.45, 2.75) is 51.6 Å². The zero-order chi connectivity index (χ0) is 27.2. The molecular formula is C32H34N2O5. The van der Waals surface area contributed by atoms with E-state index in [4.69, 9.17) is 18.6 Å². The quantitative estimate of drug-likeness (QED) is 0.238. The van der Waals surface area contributed by atoms with Crippen molar-refractivity contribution in [3.05, 3.63) is 95.9 Å². The molecule has 7 heteroatoms. The summed E-state index contributed by atoms with van der Waals surface area (Å²) in [4.78, 5) is 19.7. The molecule has 202 valence electrons. The van der Waals surface area contributed by atoms with Gasteiger partial charge < -0.3 is 18.6 Å². The highest BCUT2D eigenvalue weighted by Crippen LogP contribution is 2.36.